The van der Waals surface area contributed by atoms with Gasteiger partial charge in [0.1, 0.15) is 0 Å². The highest BCUT2D eigenvalue weighted by atomic mass is 35.5. The van der Waals surface area contributed by atoms with Gasteiger partial charge in [-0.25, -0.2) is 0 Å². The Hall–Kier alpha value is -2.14. The van der Waals surface area contributed by atoms with E-state index in [1.54, 1.807) is 19.2 Å². The van der Waals surface area contributed by atoms with E-state index in [1.165, 1.54) is 38.6 Å². The molecule has 3 aromatic rings. The van der Waals surface area contributed by atoms with Gasteiger partial charge in [0.15, 0.2) is 5.78 Å². The molecule has 1 aromatic heterocycles. The van der Waals surface area contributed by atoms with Gasteiger partial charge >= 0.3 is 0 Å². The zero-order valence-electron chi connectivity index (χ0n) is 19.7. The highest BCUT2D eigenvalue weighted by Crippen LogP contribution is 2.32. The van der Waals surface area contributed by atoms with Gasteiger partial charge in [0.05, 0.1) is 16.8 Å². The van der Waals surface area contributed by atoms with Gasteiger partial charge in [-0.1, -0.05) is 55.5 Å². The van der Waals surface area contributed by atoms with Crippen LogP contribution in [0, 0.1) is 5.92 Å². The second-order valence-electron chi connectivity index (χ2n) is 9.02. The largest absolute Gasteiger partial charge is 0.398 e. The molecule has 176 valence electrons. The van der Waals surface area contributed by atoms with E-state index in [2.05, 4.69) is 24.0 Å². The van der Waals surface area contributed by atoms with Crippen LogP contribution >= 0.6 is 23.2 Å². The molecule has 0 atom stereocenters. The molecule has 2 N–H and O–H groups in total. The fourth-order valence-electron chi connectivity index (χ4n) is 4.41. The molecule has 1 heterocycles. The molecular formula is C27H33Cl2N3O. The Labute approximate surface area is 207 Å². The average Bonchev–Trinajstić information content (AvgIpc) is 2.79. The number of nitrogens with zero attached hydrogens (tertiary/aromatic N) is 2. The number of fused-ring (bicyclic) bond motifs is 1. The standard InChI is InChI=1S/C18H14Cl2N2O.C9H19N/c1-2-17(23)15-9-22-16-4-3-10(7-14(16)18(15)21)11-5-12(19)8-13(20)6-11;1-10(2)8-9-6-4-3-5-7-9/h3-9H,2H2,1H3,(H2,21,22);9H,3-8H2,1-2H3. The van der Waals surface area contributed by atoms with E-state index in [-0.39, 0.29) is 5.78 Å². The van der Waals surface area contributed by atoms with Crippen LogP contribution in [0.15, 0.2) is 42.6 Å². The van der Waals surface area contributed by atoms with Crippen LogP contribution in [-0.2, 0) is 0 Å². The number of nitrogens with two attached hydrogens (primary N) is 1. The molecular weight excluding hydrogens is 453 g/mol. The van der Waals surface area contributed by atoms with Crippen molar-refractivity contribution in [1.82, 2.24) is 9.88 Å². The zero-order chi connectivity index (χ0) is 24.0. The van der Waals surface area contributed by atoms with Crippen molar-refractivity contribution in [3.63, 3.8) is 0 Å². The summed E-state index contributed by atoms with van der Waals surface area (Å²) in [6.45, 7) is 3.11. The Kier molecular flexibility index (Phi) is 9.13. The molecule has 0 radical (unpaired) electrons. The number of nitrogen functional groups attached to an aromatic ring is 1. The number of hydrogen-bond acceptors (Lipinski definition) is 4. The summed E-state index contributed by atoms with van der Waals surface area (Å²) in [5.74, 6) is 0.983. The number of halogens is 2. The number of aromatic nitrogens is 1. The Bertz CT molecular complexity index is 1090. The summed E-state index contributed by atoms with van der Waals surface area (Å²) in [6.07, 6.45) is 9.29. The van der Waals surface area contributed by atoms with Gasteiger partial charge in [-0.3, -0.25) is 9.78 Å². The number of hydrogen-bond donors (Lipinski definition) is 1. The lowest BCUT2D eigenvalue weighted by molar-refractivity contribution is 0.0989. The topological polar surface area (TPSA) is 59.2 Å². The fraction of sp³-hybridized carbons (Fsp3) is 0.407. The van der Waals surface area contributed by atoms with E-state index in [0.29, 0.717) is 27.7 Å². The minimum absolute atomic E-state index is 0.0203. The lowest BCUT2D eigenvalue weighted by Crippen LogP contribution is -2.23. The van der Waals surface area contributed by atoms with E-state index in [9.17, 15) is 4.79 Å². The summed E-state index contributed by atoms with van der Waals surface area (Å²) in [5.41, 5.74) is 9.65. The molecule has 4 rings (SSSR count). The first-order valence-electron chi connectivity index (χ1n) is 11.6. The Morgan fingerprint density at radius 3 is 2.30 bits per heavy atom. The van der Waals surface area contributed by atoms with E-state index < -0.39 is 0 Å². The number of Topliss-reactive ketones (excluding diaryl/α,β-unsaturated/α-hetero) is 1. The molecule has 0 bridgehead atoms. The smallest absolute Gasteiger partial charge is 0.166 e. The Balaban J connectivity index is 0.000000257. The van der Waals surface area contributed by atoms with E-state index in [4.69, 9.17) is 28.9 Å². The fourth-order valence-corrected chi connectivity index (χ4v) is 4.94. The normalized spacial score (nSPS) is 14.2. The molecule has 1 aliphatic rings. The lowest BCUT2D eigenvalue weighted by atomic mass is 9.89. The van der Waals surface area contributed by atoms with Crippen LogP contribution in [0.2, 0.25) is 10.0 Å². The number of benzene rings is 2. The molecule has 33 heavy (non-hydrogen) atoms. The van der Waals surface area contributed by atoms with E-state index in [1.807, 2.05) is 30.3 Å². The molecule has 1 saturated carbocycles. The summed E-state index contributed by atoms with van der Waals surface area (Å²) in [7, 11) is 4.35. The van der Waals surface area contributed by atoms with Crippen LogP contribution in [-0.4, -0.2) is 36.3 Å². The van der Waals surface area contributed by atoms with Crippen LogP contribution in [0.3, 0.4) is 0 Å². The second-order valence-corrected chi connectivity index (χ2v) is 9.89. The van der Waals surface area contributed by atoms with Gasteiger partial charge < -0.3 is 10.6 Å². The van der Waals surface area contributed by atoms with Crippen LogP contribution in [0.25, 0.3) is 22.0 Å². The van der Waals surface area contributed by atoms with Crippen molar-refractivity contribution < 1.29 is 4.79 Å². The van der Waals surface area contributed by atoms with Crippen molar-refractivity contribution in [2.24, 2.45) is 5.92 Å². The Morgan fingerprint density at radius 1 is 1.03 bits per heavy atom. The Morgan fingerprint density at radius 2 is 1.70 bits per heavy atom. The van der Waals surface area contributed by atoms with Crippen molar-refractivity contribution in [1.29, 1.82) is 0 Å². The minimum Gasteiger partial charge on any atom is -0.398 e. The van der Waals surface area contributed by atoms with Gasteiger partial charge in [0, 0.05) is 34.6 Å². The van der Waals surface area contributed by atoms with Crippen LogP contribution in [0.1, 0.15) is 55.8 Å². The van der Waals surface area contributed by atoms with Crippen molar-refractivity contribution in [3.05, 3.63) is 58.2 Å². The van der Waals surface area contributed by atoms with Gasteiger partial charge in [-0.15, -0.1) is 0 Å². The first kappa shape index (κ1) is 25.5. The summed E-state index contributed by atoms with van der Waals surface area (Å²) >= 11 is 12.1. The third-order valence-electron chi connectivity index (χ3n) is 6.08. The highest BCUT2D eigenvalue weighted by molar-refractivity contribution is 6.35. The summed E-state index contributed by atoms with van der Waals surface area (Å²) < 4.78 is 0. The summed E-state index contributed by atoms with van der Waals surface area (Å²) in [6, 6.07) is 11.1. The average molecular weight is 486 g/mol. The number of pyridine rings is 1. The maximum absolute atomic E-state index is 12.0. The summed E-state index contributed by atoms with van der Waals surface area (Å²) in [4.78, 5) is 18.6. The molecule has 0 amide bonds. The van der Waals surface area contributed by atoms with Crippen LogP contribution < -0.4 is 5.73 Å². The number of ketones is 1. The monoisotopic (exact) mass is 485 g/mol. The van der Waals surface area contributed by atoms with E-state index in [0.717, 1.165) is 27.9 Å². The van der Waals surface area contributed by atoms with Crippen LogP contribution in [0.5, 0.6) is 0 Å². The number of anilines is 1. The lowest BCUT2D eigenvalue weighted by Gasteiger charge is -2.24. The third-order valence-corrected chi connectivity index (χ3v) is 6.51. The molecule has 6 heteroatoms. The molecule has 0 aliphatic heterocycles. The number of carbonyl (C=O) groups excluding carboxylic acids is 1. The minimum atomic E-state index is -0.0203. The molecule has 0 saturated heterocycles. The first-order valence-corrected chi connectivity index (χ1v) is 12.4. The van der Waals surface area contributed by atoms with E-state index >= 15 is 0 Å². The first-order chi connectivity index (χ1) is 15.8. The van der Waals surface area contributed by atoms with Crippen molar-refractivity contribution in [2.75, 3.05) is 26.4 Å². The molecule has 4 nitrogen and oxygen atoms in total. The number of carbonyl (C=O) groups is 1. The summed E-state index contributed by atoms with van der Waals surface area (Å²) in [5, 5.41) is 1.88. The predicted octanol–water partition coefficient (Wildman–Crippen LogP) is 7.51. The second kappa shape index (κ2) is 11.8. The quantitative estimate of drug-likeness (QED) is 0.379. The highest BCUT2D eigenvalue weighted by Gasteiger charge is 2.14. The van der Waals surface area contributed by atoms with Gasteiger partial charge in [0.2, 0.25) is 0 Å². The van der Waals surface area contributed by atoms with Gasteiger partial charge in [0.25, 0.3) is 0 Å². The zero-order valence-corrected chi connectivity index (χ0v) is 21.2. The van der Waals surface area contributed by atoms with Crippen molar-refractivity contribution in [3.8, 4) is 11.1 Å². The molecule has 1 fully saturated rings. The molecule has 0 unspecified atom stereocenters. The number of rotatable bonds is 5. The van der Waals surface area contributed by atoms with Gasteiger partial charge in [-0.2, -0.15) is 0 Å². The predicted molar refractivity (Wildman–Crippen MR) is 141 cm³/mol. The molecule has 2 aromatic carbocycles. The van der Waals surface area contributed by atoms with Crippen molar-refractivity contribution >= 4 is 45.6 Å². The van der Waals surface area contributed by atoms with Crippen molar-refractivity contribution in [2.45, 2.75) is 45.4 Å². The van der Waals surface area contributed by atoms with Gasteiger partial charge in [-0.05, 0) is 74.3 Å². The maximum Gasteiger partial charge on any atom is 0.166 e. The molecule has 1 aliphatic carbocycles. The SMILES string of the molecule is CCC(=O)c1cnc2ccc(-c3cc(Cl)cc(Cl)c3)cc2c1N.CN(C)CC1CCCCC1. The maximum atomic E-state index is 12.0. The molecule has 0 spiro atoms. The van der Waals surface area contributed by atoms with Crippen LogP contribution in [0.4, 0.5) is 5.69 Å². The third kappa shape index (κ3) is 6.92.